The lowest BCUT2D eigenvalue weighted by Gasteiger charge is -2.24. The van der Waals surface area contributed by atoms with E-state index >= 15 is 0 Å². The minimum atomic E-state index is -0.676. The van der Waals surface area contributed by atoms with E-state index in [0.29, 0.717) is 43.4 Å². The molecule has 0 radical (unpaired) electrons. The number of carbonyl (C=O) groups excluding carboxylic acids is 2. The van der Waals surface area contributed by atoms with E-state index < -0.39 is 6.04 Å². The summed E-state index contributed by atoms with van der Waals surface area (Å²) < 4.78 is 11.0. The maximum absolute atomic E-state index is 12.5. The van der Waals surface area contributed by atoms with Crippen LogP contribution < -0.4 is 14.8 Å². The second-order valence-corrected chi connectivity index (χ2v) is 5.54. The molecule has 1 unspecified atom stereocenters. The van der Waals surface area contributed by atoms with Crippen molar-refractivity contribution >= 4 is 11.8 Å². The maximum atomic E-state index is 12.5. The summed E-state index contributed by atoms with van der Waals surface area (Å²) in [4.78, 5) is 26.5. The molecule has 142 valence electrons. The fraction of sp³-hybridized carbons (Fsp3) is 0.400. The van der Waals surface area contributed by atoms with Gasteiger partial charge in [0.25, 0.3) is 5.91 Å². The van der Waals surface area contributed by atoms with Gasteiger partial charge in [0.1, 0.15) is 6.04 Å². The summed E-state index contributed by atoms with van der Waals surface area (Å²) in [5.41, 5.74) is 0.399. The zero-order valence-corrected chi connectivity index (χ0v) is 15.8. The van der Waals surface area contributed by atoms with Crippen molar-refractivity contribution in [3.63, 3.8) is 0 Å². The van der Waals surface area contributed by atoms with Crippen molar-refractivity contribution in [2.24, 2.45) is 0 Å². The van der Waals surface area contributed by atoms with Crippen LogP contribution in [0.5, 0.6) is 11.5 Å². The molecule has 1 aromatic rings. The Morgan fingerprint density at radius 3 is 2.23 bits per heavy atom. The topological polar surface area (TPSA) is 67.9 Å². The van der Waals surface area contributed by atoms with Crippen molar-refractivity contribution in [3.8, 4) is 11.5 Å². The number of benzene rings is 1. The summed E-state index contributed by atoms with van der Waals surface area (Å²) in [7, 11) is 0. The predicted molar refractivity (Wildman–Crippen MR) is 103 cm³/mol. The largest absolute Gasteiger partial charge is 0.490 e. The molecule has 0 saturated heterocycles. The molecule has 0 saturated carbocycles. The van der Waals surface area contributed by atoms with Crippen LogP contribution in [0.15, 0.2) is 43.5 Å². The molecule has 0 aromatic heterocycles. The number of hydrogen-bond donors (Lipinski definition) is 1. The van der Waals surface area contributed by atoms with Crippen molar-refractivity contribution in [1.82, 2.24) is 10.2 Å². The molecule has 0 bridgehead atoms. The molecule has 0 aliphatic carbocycles. The van der Waals surface area contributed by atoms with Gasteiger partial charge in [-0.3, -0.25) is 9.59 Å². The van der Waals surface area contributed by atoms with E-state index in [1.165, 1.54) is 0 Å². The average Bonchev–Trinajstić information content (AvgIpc) is 2.62. The van der Waals surface area contributed by atoms with E-state index in [2.05, 4.69) is 18.5 Å². The van der Waals surface area contributed by atoms with Crippen LogP contribution in [0.4, 0.5) is 0 Å². The smallest absolute Gasteiger partial charge is 0.252 e. The first kappa shape index (κ1) is 21.3. The minimum absolute atomic E-state index is 0.200. The molecule has 26 heavy (non-hydrogen) atoms. The van der Waals surface area contributed by atoms with Gasteiger partial charge in [-0.15, -0.1) is 13.2 Å². The van der Waals surface area contributed by atoms with Crippen LogP contribution in [0.3, 0.4) is 0 Å². The monoisotopic (exact) mass is 360 g/mol. The highest BCUT2D eigenvalue weighted by Crippen LogP contribution is 2.28. The molecule has 1 rings (SSSR count). The zero-order chi connectivity index (χ0) is 19.5. The Balaban J connectivity index is 2.88. The lowest BCUT2D eigenvalue weighted by atomic mass is 10.1. The molecule has 0 aliphatic heterocycles. The van der Waals surface area contributed by atoms with Gasteiger partial charge >= 0.3 is 0 Å². The highest BCUT2D eigenvalue weighted by Gasteiger charge is 2.21. The van der Waals surface area contributed by atoms with E-state index in [0.717, 1.165) is 0 Å². The number of carbonyl (C=O) groups is 2. The molecule has 6 heteroatoms. The fourth-order valence-corrected chi connectivity index (χ4v) is 2.37. The van der Waals surface area contributed by atoms with Crippen LogP contribution in [0.25, 0.3) is 0 Å². The Hall–Kier alpha value is -2.76. The molecule has 0 aliphatic rings. The van der Waals surface area contributed by atoms with Crippen molar-refractivity contribution in [3.05, 3.63) is 49.1 Å². The van der Waals surface area contributed by atoms with Gasteiger partial charge in [0, 0.05) is 18.7 Å². The fourth-order valence-electron chi connectivity index (χ4n) is 2.37. The first-order valence-corrected chi connectivity index (χ1v) is 8.69. The third-order valence-electron chi connectivity index (χ3n) is 3.53. The highest BCUT2D eigenvalue weighted by molar-refractivity contribution is 5.98. The van der Waals surface area contributed by atoms with E-state index in [1.807, 2.05) is 13.8 Å². The van der Waals surface area contributed by atoms with Gasteiger partial charge in [-0.25, -0.2) is 0 Å². The van der Waals surface area contributed by atoms with Crippen molar-refractivity contribution in [2.45, 2.75) is 26.8 Å². The molecule has 0 heterocycles. The molecule has 1 aromatic carbocycles. The summed E-state index contributed by atoms with van der Waals surface area (Å²) >= 11 is 0. The summed E-state index contributed by atoms with van der Waals surface area (Å²) in [5, 5.41) is 2.72. The lowest BCUT2D eigenvalue weighted by molar-refractivity contribution is -0.131. The number of nitrogens with zero attached hydrogens (tertiary/aromatic N) is 1. The van der Waals surface area contributed by atoms with E-state index in [4.69, 9.17) is 9.47 Å². The Bertz CT molecular complexity index is 633. The van der Waals surface area contributed by atoms with Gasteiger partial charge in [0.15, 0.2) is 11.5 Å². The number of rotatable bonds is 11. The second kappa shape index (κ2) is 11.0. The quantitative estimate of drug-likeness (QED) is 0.616. The summed E-state index contributed by atoms with van der Waals surface area (Å²) in [6.45, 7) is 14.4. The third-order valence-corrected chi connectivity index (χ3v) is 3.53. The first-order valence-electron chi connectivity index (χ1n) is 8.69. The third kappa shape index (κ3) is 5.95. The van der Waals surface area contributed by atoms with Crippen molar-refractivity contribution in [1.29, 1.82) is 0 Å². The van der Waals surface area contributed by atoms with Crippen molar-refractivity contribution < 1.29 is 19.1 Å². The molecule has 1 N–H and O–H groups in total. The molecular formula is C20H28N2O4. The Kier molecular flexibility index (Phi) is 8.98. The predicted octanol–water partition coefficient (Wildman–Crippen LogP) is 2.80. The molecule has 1 atom stereocenters. The van der Waals surface area contributed by atoms with Crippen LogP contribution in [0, 0.1) is 0 Å². The van der Waals surface area contributed by atoms with Gasteiger partial charge in [0.05, 0.1) is 13.2 Å². The van der Waals surface area contributed by atoms with Crippen molar-refractivity contribution in [2.75, 3.05) is 26.3 Å². The molecular weight excluding hydrogens is 332 g/mol. The normalized spacial score (nSPS) is 11.2. The summed E-state index contributed by atoms with van der Waals surface area (Å²) in [6, 6.07) is 4.28. The zero-order valence-electron chi connectivity index (χ0n) is 15.8. The van der Waals surface area contributed by atoms with Crippen LogP contribution in [0.2, 0.25) is 0 Å². The Morgan fingerprint density at radius 2 is 1.69 bits per heavy atom. The average molecular weight is 360 g/mol. The minimum Gasteiger partial charge on any atom is -0.490 e. The van der Waals surface area contributed by atoms with Gasteiger partial charge in [-0.2, -0.15) is 0 Å². The van der Waals surface area contributed by atoms with E-state index in [-0.39, 0.29) is 11.8 Å². The van der Waals surface area contributed by atoms with E-state index in [1.54, 1.807) is 42.2 Å². The molecule has 6 nitrogen and oxygen atoms in total. The SMILES string of the molecule is C=CCN(CC=C)C(=O)C(C)NC(=O)c1ccc(OCC)c(OCC)c1. The highest BCUT2D eigenvalue weighted by atomic mass is 16.5. The van der Waals surface area contributed by atoms with Gasteiger partial charge in [-0.05, 0) is 39.0 Å². The molecule has 0 fully saturated rings. The first-order chi connectivity index (χ1) is 12.5. The van der Waals surface area contributed by atoms with Crippen LogP contribution in [-0.2, 0) is 4.79 Å². The second-order valence-electron chi connectivity index (χ2n) is 5.54. The number of nitrogens with one attached hydrogen (secondary N) is 1. The summed E-state index contributed by atoms with van der Waals surface area (Å²) in [5.74, 6) is 0.528. The Morgan fingerprint density at radius 1 is 1.12 bits per heavy atom. The lowest BCUT2D eigenvalue weighted by Crippen LogP contribution is -2.47. The van der Waals surface area contributed by atoms with Gasteiger partial charge in [0.2, 0.25) is 5.91 Å². The van der Waals surface area contributed by atoms with Gasteiger partial charge in [-0.1, -0.05) is 12.2 Å². The summed E-state index contributed by atoms with van der Waals surface area (Å²) in [6.07, 6.45) is 3.27. The maximum Gasteiger partial charge on any atom is 0.252 e. The number of hydrogen-bond acceptors (Lipinski definition) is 4. The van der Waals surface area contributed by atoms with Crippen LogP contribution in [0.1, 0.15) is 31.1 Å². The number of ether oxygens (including phenoxy) is 2. The standard InChI is InChI=1S/C20H28N2O4/c1-6-12-22(13-7-2)20(24)15(5)21-19(23)16-10-11-17(25-8-3)18(14-16)26-9-4/h6-7,10-11,14-15H,1-2,8-9,12-13H2,3-5H3,(H,21,23). The van der Waals surface area contributed by atoms with Crippen LogP contribution >= 0.6 is 0 Å². The Labute approximate surface area is 155 Å². The van der Waals surface area contributed by atoms with Gasteiger partial charge < -0.3 is 19.7 Å². The number of amides is 2. The molecule has 0 spiro atoms. The van der Waals surface area contributed by atoms with Crippen LogP contribution in [-0.4, -0.2) is 49.1 Å². The molecule has 2 amide bonds. The van der Waals surface area contributed by atoms with E-state index in [9.17, 15) is 9.59 Å².